The van der Waals surface area contributed by atoms with Crippen LogP contribution in [-0.2, 0) is 0 Å². The Labute approximate surface area is 240 Å². The Bertz CT molecular complexity index is 1600. The molecule has 3 N–H and O–H groups in total. The first-order chi connectivity index (χ1) is 19.9. The zero-order valence-corrected chi connectivity index (χ0v) is 23.4. The van der Waals surface area contributed by atoms with Crippen molar-refractivity contribution in [2.75, 3.05) is 5.32 Å². The van der Waals surface area contributed by atoms with Gasteiger partial charge in [-0.2, -0.15) is 0 Å². The van der Waals surface area contributed by atoms with E-state index in [1.165, 1.54) is 6.07 Å². The normalized spacial score (nSPS) is 27.2. The fraction of sp³-hybridized carbons (Fsp3) is 0.412. The molecule has 2 heterocycles. The van der Waals surface area contributed by atoms with Gasteiger partial charge < -0.3 is 20.3 Å². The van der Waals surface area contributed by atoms with Crippen molar-refractivity contribution in [1.82, 2.24) is 14.9 Å². The van der Waals surface area contributed by atoms with Crippen molar-refractivity contribution in [3.8, 4) is 11.3 Å². The first kappa shape index (κ1) is 26.2. The highest BCUT2D eigenvalue weighted by molar-refractivity contribution is 5.93. The number of carbonyl (C=O) groups excluding carboxylic acids is 1. The van der Waals surface area contributed by atoms with Crippen molar-refractivity contribution in [1.29, 1.82) is 0 Å². The van der Waals surface area contributed by atoms with Gasteiger partial charge in [-0.3, -0.25) is 0 Å². The smallest absolute Gasteiger partial charge is 0.319 e. The second-order valence-electron chi connectivity index (χ2n) is 12.5. The van der Waals surface area contributed by atoms with Gasteiger partial charge in [0.05, 0.1) is 30.4 Å². The van der Waals surface area contributed by atoms with Crippen molar-refractivity contribution in [3.05, 3.63) is 84.6 Å². The quantitative estimate of drug-likeness (QED) is 0.235. The number of carbonyl (C=O) groups is 1. The maximum Gasteiger partial charge on any atom is 0.319 e. The summed E-state index contributed by atoms with van der Waals surface area (Å²) in [6, 6.07) is 18.9. The highest BCUT2D eigenvalue weighted by atomic mass is 19.1. The number of fused-ring (bicyclic) bond motifs is 6. The van der Waals surface area contributed by atoms with Crippen molar-refractivity contribution >= 4 is 22.5 Å². The number of hydrogen-bond donors (Lipinski definition) is 3. The molecule has 0 saturated heterocycles. The summed E-state index contributed by atoms with van der Waals surface area (Å²) in [7, 11) is 0. The second-order valence-corrected chi connectivity index (χ2v) is 12.5. The van der Waals surface area contributed by atoms with Gasteiger partial charge in [0, 0.05) is 22.9 Å². The van der Waals surface area contributed by atoms with E-state index >= 15 is 4.39 Å². The molecule has 41 heavy (non-hydrogen) atoms. The number of anilines is 1. The molecule has 6 atom stereocenters. The lowest BCUT2D eigenvalue weighted by atomic mass is 9.56. The monoisotopic (exact) mass is 552 g/mol. The van der Waals surface area contributed by atoms with Gasteiger partial charge in [-0.25, -0.2) is 14.2 Å². The van der Waals surface area contributed by atoms with E-state index in [1.807, 2.05) is 47.0 Å². The van der Waals surface area contributed by atoms with Gasteiger partial charge in [-0.15, -0.1) is 0 Å². The van der Waals surface area contributed by atoms with Crippen molar-refractivity contribution < 1.29 is 14.3 Å². The van der Waals surface area contributed by atoms with Crippen LogP contribution in [0.1, 0.15) is 63.5 Å². The molecule has 0 spiro atoms. The largest absolute Gasteiger partial charge is 0.392 e. The number of aliphatic hydroxyl groups is 1. The number of nitrogens with one attached hydrogen (secondary N) is 2. The summed E-state index contributed by atoms with van der Waals surface area (Å²) in [6.07, 6.45) is 9.15. The zero-order chi connectivity index (χ0) is 28.1. The molecule has 3 aromatic carbocycles. The molecule has 2 saturated carbocycles. The van der Waals surface area contributed by atoms with Gasteiger partial charge in [-0.05, 0) is 91.2 Å². The van der Waals surface area contributed by atoms with E-state index in [9.17, 15) is 9.90 Å². The summed E-state index contributed by atoms with van der Waals surface area (Å²) < 4.78 is 17.1. The lowest BCUT2D eigenvalue weighted by molar-refractivity contribution is -0.0663. The highest BCUT2D eigenvalue weighted by Gasteiger charge is 2.49. The van der Waals surface area contributed by atoms with E-state index in [4.69, 9.17) is 0 Å². The average molecular weight is 553 g/mol. The molecule has 212 valence electrons. The Morgan fingerprint density at radius 3 is 2.83 bits per heavy atom. The predicted octanol–water partition coefficient (Wildman–Crippen LogP) is 7.29. The number of benzene rings is 3. The van der Waals surface area contributed by atoms with Crippen LogP contribution in [0.15, 0.2) is 73.2 Å². The number of hydrogen-bond acceptors (Lipinski definition) is 3. The van der Waals surface area contributed by atoms with E-state index in [-0.39, 0.29) is 29.3 Å². The van der Waals surface area contributed by atoms with Crippen molar-refractivity contribution in [2.24, 2.45) is 17.3 Å². The lowest BCUT2D eigenvalue weighted by Crippen LogP contribution is -2.52. The molecular formula is C34H37FN4O2. The Morgan fingerprint density at radius 1 is 1.12 bits per heavy atom. The molecule has 2 bridgehead atoms. The summed E-state index contributed by atoms with van der Waals surface area (Å²) in [4.78, 5) is 17.4. The number of aliphatic hydroxyl groups excluding tert-OH is 1. The number of halogens is 1. The van der Waals surface area contributed by atoms with Gasteiger partial charge in [0.15, 0.2) is 0 Å². The molecule has 2 amide bonds. The Balaban J connectivity index is 1.07. The fourth-order valence-corrected chi connectivity index (χ4v) is 8.23. The first-order valence-corrected chi connectivity index (χ1v) is 15.0. The Hall–Kier alpha value is -3.71. The number of urea groups is 1. The van der Waals surface area contributed by atoms with E-state index in [0.29, 0.717) is 23.8 Å². The third-order valence-electron chi connectivity index (χ3n) is 10.3. The van der Waals surface area contributed by atoms with Crippen LogP contribution in [0.5, 0.6) is 0 Å². The number of nitrogens with zero attached hydrogens (tertiary/aromatic N) is 2. The summed E-state index contributed by atoms with van der Waals surface area (Å²) >= 11 is 0. The van der Waals surface area contributed by atoms with Crippen LogP contribution in [0.4, 0.5) is 14.9 Å². The Morgan fingerprint density at radius 2 is 1.98 bits per heavy atom. The van der Waals surface area contributed by atoms with E-state index < -0.39 is 6.10 Å². The predicted molar refractivity (Wildman–Crippen MR) is 159 cm³/mol. The average Bonchev–Trinajstić information content (AvgIpc) is 3.57. The van der Waals surface area contributed by atoms with Crippen molar-refractivity contribution in [2.45, 2.75) is 70.1 Å². The molecule has 7 rings (SSSR count). The molecule has 6 nitrogen and oxygen atoms in total. The third kappa shape index (κ3) is 4.60. The van der Waals surface area contributed by atoms with Crippen LogP contribution in [0, 0.1) is 23.1 Å². The van der Waals surface area contributed by atoms with Gasteiger partial charge >= 0.3 is 6.03 Å². The van der Waals surface area contributed by atoms with Gasteiger partial charge in [0.2, 0.25) is 0 Å². The summed E-state index contributed by atoms with van der Waals surface area (Å²) in [6.45, 7) is 2.17. The fourth-order valence-electron chi connectivity index (χ4n) is 8.23. The number of amides is 2. The Kier molecular flexibility index (Phi) is 6.57. The minimum Gasteiger partial charge on any atom is -0.392 e. The van der Waals surface area contributed by atoms with E-state index in [0.717, 1.165) is 66.2 Å². The van der Waals surface area contributed by atoms with E-state index in [1.54, 1.807) is 18.6 Å². The van der Waals surface area contributed by atoms with Crippen LogP contribution in [-0.4, -0.2) is 32.8 Å². The molecular weight excluding hydrogens is 515 g/mol. The molecule has 3 aliphatic rings. The maximum absolute atomic E-state index is 15.1. The molecule has 7 heteroatoms. The van der Waals surface area contributed by atoms with Crippen LogP contribution >= 0.6 is 0 Å². The summed E-state index contributed by atoms with van der Waals surface area (Å²) in [5.74, 6) is 0.605. The SMILES string of the molecule is CCC1(C(O)CC2c3c(F)cccc3-c3cncn32)CC2CCC(NC(=O)Nc3ccc4ccccc4c3)C(C2)C1. The van der Waals surface area contributed by atoms with Crippen LogP contribution in [0.3, 0.4) is 0 Å². The maximum atomic E-state index is 15.1. The molecule has 6 unspecified atom stereocenters. The standard InChI is InChI=1S/C34H37FN4O2/c1-2-34(31(40)16-29-32-26(8-5-9-27(32)35)30-19-36-20-39(29)30)17-21-10-13-28(24(14-21)18-34)38-33(41)37-25-12-11-22-6-3-4-7-23(22)15-25/h3-9,11-12,15,19-21,24,28-29,31,40H,2,10,13-14,16-18H2,1H3,(H2,37,38,41). The van der Waals surface area contributed by atoms with E-state index in [2.05, 4.69) is 28.6 Å². The number of rotatable bonds is 6. The highest BCUT2D eigenvalue weighted by Crippen LogP contribution is 2.54. The van der Waals surface area contributed by atoms with Gasteiger partial charge in [-0.1, -0.05) is 49.4 Å². The van der Waals surface area contributed by atoms with Crippen molar-refractivity contribution in [3.63, 3.8) is 0 Å². The van der Waals surface area contributed by atoms with Gasteiger partial charge in [0.1, 0.15) is 5.82 Å². The minimum atomic E-state index is -0.589. The van der Waals surface area contributed by atoms with Gasteiger partial charge in [0.25, 0.3) is 0 Å². The topological polar surface area (TPSA) is 79.2 Å². The number of imidazole rings is 1. The number of aromatic nitrogens is 2. The van der Waals surface area contributed by atoms with Crippen LogP contribution < -0.4 is 10.6 Å². The lowest BCUT2D eigenvalue weighted by Gasteiger charge is -2.52. The van der Waals surface area contributed by atoms with Crippen LogP contribution in [0.25, 0.3) is 22.0 Å². The molecule has 1 aliphatic heterocycles. The molecule has 1 aromatic heterocycles. The first-order valence-electron chi connectivity index (χ1n) is 15.0. The summed E-state index contributed by atoms with van der Waals surface area (Å²) in [5, 5.41) is 20.5. The third-order valence-corrected chi connectivity index (χ3v) is 10.3. The zero-order valence-electron chi connectivity index (χ0n) is 23.4. The molecule has 0 radical (unpaired) electrons. The molecule has 2 aliphatic carbocycles. The second kappa shape index (κ2) is 10.3. The molecule has 4 aromatic rings. The molecule has 2 fully saturated rings. The van der Waals surface area contributed by atoms with Crippen LogP contribution in [0.2, 0.25) is 0 Å². The summed E-state index contributed by atoms with van der Waals surface area (Å²) in [5.41, 5.74) is 2.95. The minimum absolute atomic E-state index is 0.0648.